The highest BCUT2D eigenvalue weighted by Gasteiger charge is 2.26. The van der Waals surface area contributed by atoms with Crippen LogP contribution >= 0.6 is 11.6 Å². The fourth-order valence-corrected chi connectivity index (χ4v) is 3.91. The molecule has 4 nitrogen and oxygen atoms in total. The number of nitrogens with one attached hydrogen (secondary N) is 2. The van der Waals surface area contributed by atoms with Gasteiger partial charge in [-0.3, -0.25) is 9.79 Å². The molecule has 5 rings (SSSR count). The Balaban J connectivity index is 1.60. The highest BCUT2D eigenvalue weighted by atomic mass is 35.5. The van der Waals surface area contributed by atoms with Gasteiger partial charge in [0, 0.05) is 33.8 Å². The second-order valence-electron chi connectivity index (χ2n) is 7.12. The normalized spacial score (nSPS) is 16.1. The van der Waals surface area contributed by atoms with Crippen molar-refractivity contribution in [2.75, 3.05) is 5.32 Å². The van der Waals surface area contributed by atoms with Crippen molar-refractivity contribution in [1.29, 1.82) is 0 Å². The molecule has 0 aliphatic carbocycles. The number of fused-ring (bicyclic) bond motifs is 2. The van der Waals surface area contributed by atoms with Gasteiger partial charge in [0.05, 0.1) is 11.4 Å². The van der Waals surface area contributed by atoms with Crippen LogP contribution in [-0.4, -0.2) is 22.6 Å². The molecule has 1 amide bonds. The number of H-pyrrole nitrogens is 1. The maximum Gasteiger partial charge on any atom is 0.249 e. The van der Waals surface area contributed by atoms with Gasteiger partial charge in [0.25, 0.3) is 0 Å². The molecule has 3 aromatic carbocycles. The van der Waals surface area contributed by atoms with Crippen molar-refractivity contribution in [2.24, 2.45) is 4.99 Å². The first-order chi connectivity index (χ1) is 14.2. The molecule has 0 unspecified atom stereocenters. The van der Waals surface area contributed by atoms with E-state index in [2.05, 4.69) is 22.4 Å². The Morgan fingerprint density at radius 2 is 1.72 bits per heavy atom. The minimum absolute atomic E-state index is 0.127. The number of amides is 1. The molecule has 1 aliphatic heterocycles. The van der Waals surface area contributed by atoms with Gasteiger partial charge < -0.3 is 10.3 Å². The van der Waals surface area contributed by atoms with Gasteiger partial charge in [0.15, 0.2) is 0 Å². The molecule has 0 fully saturated rings. The predicted octanol–water partition coefficient (Wildman–Crippen LogP) is 5.22. The van der Waals surface area contributed by atoms with Crippen LogP contribution in [0, 0.1) is 0 Å². The second kappa shape index (κ2) is 7.22. The molecule has 142 valence electrons. The molecule has 1 aliphatic rings. The summed E-state index contributed by atoms with van der Waals surface area (Å²) < 4.78 is 0. The minimum Gasteiger partial charge on any atom is -0.358 e. The molecule has 2 heterocycles. The SMILES string of the molecule is O=C1Nc2ccc(Cl)cc2C(c2ccccc2)=N[C@@H]1Cc1cc2ccccc2[nH]1. The standard InChI is InChI=1S/C24H18ClN3O/c25-17-10-11-21-19(13-17)23(15-6-2-1-3-7-15)27-22(24(29)28-21)14-18-12-16-8-4-5-9-20(16)26-18/h1-13,22,26H,14H2,(H,28,29)/t22-/m1/s1. The minimum atomic E-state index is -0.551. The first-order valence-electron chi connectivity index (χ1n) is 9.48. The number of aromatic nitrogens is 1. The van der Waals surface area contributed by atoms with Crippen LogP contribution in [0.2, 0.25) is 5.02 Å². The number of carbonyl (C=O) groups excluding carboxylic acids is 1. The average molecular weight is 400 g/mol. The molecule has 0 saturated heterocycles. The van der Waals surface area contributed by atoms with Gasteiger partial charge >= 0.3 is 0 Å². The summed E-state index contributed by atoms with van der Waals surface area (Å²) in [5, 5.41) is 4.76. The lowest BCUT2D eigenvalue weighted by Gasteiger charge is -2.10. The predicted molar refractivity (Wildman–Crippen MR) is 118 cm³/mol. The molecular weight excluding hydrogens is 382 g/mol. The maximum absolute atomic E-state index is 13.0. The number of carbonyl (C=O) groups is 1. The number of para-hydroxylation sites is 1. The van der Waals surface area contributed by atoms with Crippen molar-refractivity contribution < 1.29 is 4.79 Å². The summed E-state index contributed by atoms with van der Waals surface area (Å²) in [5.74, 6) is -0.127. The van der Waals surface area contributed by atoms with Crippen LogP contribution in [0.15, 0.2) is 83.9 Å². The van der Waals surface area contributed by atoms with Gasteiger partial charge in [0.1, 0.15) is 6.04 Å². The van der Waals surface area contributed by atoms with E-state index >= 15 is 0 Å². The van der Waals surface area contributed by atoms with Crippen molar-refractivity contribution in [3.63, 3.8) is 0 Å². The Labute approximate surface area is 173 Å². The lowest BCUT2D eigenvalue weighted by molar-refractivity contribution is -0.117. The van der Waals surface area contributed by atoms with Crippen LogP contribution in [0.1, 0.15) is 16.8 Å². The molecule has 5 heteroatoms. The third-order valence-electron chi connectivity index (χ3n) is 5.13. The fourth-order valence-electron chi connectivity index (χ4n) is 3.74. The summed E-state index contributed by atoms with van der Waals surface area (Å²) in [6.45, 7) is 0. The number of nitrogens with zero attached hydrogens (tertiary/aromatic N) is 1. The van der Waals surface area contributed by atoms with Crippen molar-refractivity contribution in [3.05, 3.63) is 101 Å². The molecule has 2 N–H and O–H groups in total. The quantitative estimate of drug-likeness (QED) is 0.487. The largest absolute Gasteiger partial charge is 0.358 e. The van der Waals surface area contributed by atoms with Gasteiger partial charge in [-0.1, -0.05) is 60.1 Å². The van der Waals surface area contributed by atoms with E-state index < -0.39 is 6.04 Å². The summed E-state index contributed by atoms with van der Waals surface area (Å²) in [5.41, 5.74) is 5.31. The number of aromatic amines is 1. The highest BCUT2D eigenvalue weighted by molar-refractivity contribution is 6.32. The van der Waals surface area contributed by atoms with E-state index in [-0.39, 0.29) is 5.91 Å². The zero-order chi connectivity index (χ0) is 19.8. The molecule has 0 bridgehead atoms. The van der Waals surface area contributed by atoms with Crippen molar-refractivity contribution in [1.82, 2.24) is 4.98 Å². The third-order valence-corrected chi connectivity index (χ3v) is 5.36. The maximum atomic E-state index is 13.0. The second-order valence-corrected chi connectivity index (χ2v) is 7.56. The molecule has 29 heavy (non-hydrogen) atoms. The number of hydrogen-bond acceptors (Lipinski definition) is 2. The number of benzodiazepines with no additional fused rings is 1. The van der Waals surface area contributed by atoms with Gasteiger partial charge in [-0.2, -0.15) is 0 Å². The molecule has 4 aromatic rings. The van der Waals surface area contributed by atoms with Gasteiger partial charge in [-0.15, -0.1) is 0 Å². The van der Waals surface area contributed by atoms with Crippen LogP contribution in [0.25, 0.3) is 10.9 Å². The molecular formula is C24H18ClN3O. The van der Waals surface area contributed by atoms with Crippen LogP contribution in [0.4, 0.5) is 5.69 Å². The summed E-state index contributed by atoms with van der Waals surface area (Å²) >= 11 is 6.26. The number of halogens is 1. The van der Waals surface area contributed by atoms with Crippen LogP contribution in [0.5, 0.6) is 0 Å². The first-order valence-corrected chi connectivity index (χ1v) is 9.86. The summed E-state index contributed by atoms with van der Waals surface area (Å²) in [6, 6.07) is 25.0. The summed E-state index contributed by atoms with van der Waals surface area (Å²) in [6.07, 6.45) is 0.485. The number of benzene rings is 3. The monoisotopic (exact) mass is 399 g/mol. The average Bonchev–Trinajstić information content (AvgIpc) is 3.09. The van der Waals surface area contributed by atoms with Crippen molar-refractivity contribution in [3.8, 4) is 0 Å². The Bertz CT molecular complexity index is 1210. The topological polar surface area (TPSA) is 57.2 Å². The third kappa shape index (κ3) is 3.43. The van der Waals surface area contributed by atoms with Gasteiger partial charge in [-0.05, 0) is 35.7 Å². The number of anilines is 1. The van der Waals surface area contributed by atoms with Crippen LogP contribution in [-0.2, 0) is 11.2 Å². The summed E-state index contributed by atoms with van der Waals surface area (Å²) in [7, 11) is 0. The number of hydrogen-bond donors (Lipinski definition) is 2. The summed E-state index contributed by atoms with van der Waals surface area (Å²) in [4.78, 5) is 21.3. The van der Waals surface area contributed by atoms with E-state index in [1.807, 2.05) is 60.7 Å². The van der Waals surface area contributed by atoms with Gasteiger partial charge in [-0.25, -0.2) is 0 Å². The highest BCUT2D eigenvalue weighted by Crippen LogP contribution is 2.28. The molecule has 1 aromatic heterocycles. The molecule has 1 atom stereocenters. The molecule has 0 radical (unpaired) electrons. The Hall–Kier alpha value is -3.37. The van der Waals surface area contributed by atoms with Crippen molar-refractivity contribution >= 4 is 39.8 Å². The van der Waals surface area contributed by atoms with Crippen LogP contribution < -0.4 is 5.32 Å². The van der Waals surface area contributed by atoms with E-state index in [0.29, 0.717) is 11.4 Å². The smallest absolute Gasteiger partial charge is 0.249 e. The number of aliphatic imine (C=N–C) groups is 1. The van der Waals surface area contributed by atoms with E-state index in [1.54, 1.807) is 6.07 Å². The van der Waals surface area contributed by atoms with Crippen LogP contribution in [0.3, 0.4) is 0 Å². The van der Waals surface area contributed by atoms with E-state index in [0.717, 1.165) is 39.1 Å². The Morgan fingerprint density at radius 3 is 2.55 bits per heavy atom. The zero-order valence-electron chi connectivity index (χ0n) is 15.5. The van der Waals surface area contributed by atoms with Gasteiger partial charge in [0.2, 0.25) is 5.91 Å². The van der Waals surface area contributed by atoms with E-state index in [1.165, 1.54) is 0 Å². The Kier molecular flexibility index (Phi) is 4.41. The fraction of sp³-hybridized carbons (Fsp3) is 0.0833. The lowest BCUT2D eigenvalue weighted by Crippen LogP contribution is -2.27. The lowest BCUT2D eigenvalue weighted by atomic mass is 10.0. The van der Waals surface area contributed by atoms with E-state index in [9.17, 15) is 4.79 Å². The first kappa shape index (κ1) is 17.7. The Morgan fingerprint density at radius 1 is 0.931 bits per heavy atom. The van der Waals surface area contributed by atoms with E-state index in [4.69, 9.17) is 16.6 Å². The molecule has 0 saturated carbocycles. The number of rotatable bonds is 3. The zero-order valence-corrected chi connectivity index (χ0v) is 16.3. The van der Waals surface area contributed by atoms with Crippen molar-refractivity contribution in [2.45, 2.75) is 12.5 Å². The molecule has 0 spiro atoms.